The van der Waals surface area contributed by atoms with E-state index in [-0.39, 0.29) is 0 Å². The molecule has 1 N–H and O–H groups in total. The zero-order chi connectivity index (χ0) is 19.2. The predicted molar refractivity (Wildman–Crippen MR) is 113 cm³/mol. The van der Waals surface area contributed by atoms with Gasteiger partial charge in [0.1, 0.15) is 12.4 Å². The van der Waals surface area contributed by atoms with E-state index in [2.05, 4.69) is 27.4 Å². The molecule has 6 heteroatoms. The molecule has 4 rings (SSSR count). The van der Waals surface area contributed by atoms with Crippen LogP contribution in [0.1, 0.15) is 55.0 Å². The Bertz CT molecular complexity index is 970. The summed E-state index contributed by atoms with van der Waals surface area (Å²) >= 11 is 5.37. The molecule has 0 radical (unpaired) electrons. The first-order chi connectivity index (χ1) is 13.8. The largest absolute Gasteiger partial charge is 0.489 e. The molecule has 1 saturated carbocycles. The van der Waals surface area contributed by atoms with Crippen LogP contribution in [0.2, 0.25) is 0 Å². The topological polar surface area (TPSA) is 55.2 Å². The number of benzene rings is 2. The molecule has 5 nitrogen and oxygen atoms in total. The fraction of sp³-hybridized carbons (Fsp3) is 0.318. The van der Waals surface area contributed by atoms with E-state index in [4.69, 9.17) is 17.0 Å². The molecule has 2 aromatic carbocycles. The Labute approximate surface area is 170 Å². The van der Waals surface area contributed by atoms with Crippen LogP contribution in [0, 0.1) is 4.77 Å². The van der Waals surface area contributed by atoms with Gasteiger partial charge in [-0.2, -0.15) is 14.9 Å². The number of rotatable bonds is 6. The summed E-state index contributed by atoms with van der Waals surface area (Å²) in [5.74, 6) is 2.22. The quantitative estimate of drug-likeness (QED) is 0.448. The second kappa shape index (κ2) is 8.97. The zero-order valence-corrected chi connectivity index (χ0v) is 16.6. The Morgan fingerprint density at radius 1 is 1.07 bits per heavy atom. The van der Waals surface area contributed by atoms with Crippen LogP contribution in [0.25, 0.3) is 0 Å². The molecule has 1 fully saturated rings. The predicted octanol–water partition coefficient (Wildman–Crippen LogP) is 5.45. The van der Waals surface area contributed by atoms with Gasteiger partial charge < -0.3 is 4.74 Å². The first-order valence-corrected chi connectivity index (χ1v) is 10.2. The number of ether oxygens (including phenoxy) is 1. The van der Waals surface area contributed by atoms with Gasteiger partial charge in [-0.15, -0.1) is 0 Å². The lowest BCUT2D eigenvalue weighted by Gasteiger charge is -2.19. The number of nitrogens with zero attached hydrogens (tertiary/aromatic N) is 3. The van der Waals surface area contributed by atoms with E-state index >= 15 is 0 Å². The highest BCUT2D eigenvalue weighted by Crippen LogP contribution is 2.31. The summed E-state index contributed by atoms with van der Waals surface area (Å²) in [6.07, 6.45) is 7.93. The van der Waals surface area contributed by atoms with Gasteiger partial charge in [0.15, 0.2) is 5.82 Å². The van der Waals surface area contributed by atoms with Crippen molar-refractivity contribution in [2.24, 2.45) is 5.10 Å². The van der Waals surface area contributed by atoms with Crippen molar-refractivity contribution >= 4 is 18.4 Å². The van der Waals surface area contributed by atoms with Gasteiger partial charge in [0, 0.05) is 5.92 Å². The highest BCUT2D eigenvalue weighted by atomic mass is 32.1. The fourth-order valence-electron chi connectivity index (χ4n) is 3.56. The summed E-state index contributed by atoms with van der Waals surface area (Å²) in [6.45, 7) is 0.559. The van der Waals surface area contributed by atoms with Crippen LogP contribution in [-0.4, -0.2) is 21.1 Å². The molecule has 1 heterocycles. The number of aromatic amines is 1. The normalized spacial score (nSPS) is 15.1. The maximum Gasteiger partial charge on any atom is 0.216 e. The van der Waals surface area contributed by atoms with Gasteiger partial charge in [0.25, 0.3) is 0 Å². The highest BCUT2D eigenvalue weighted by Gasteiger charge is 2.21. The monoisotopic (exact) mass is 392 g/mol. The Balaban J connectivity index is 1.42. The van der Waals surface area contributed by atoms with Crippen LogP contribution in [0.15, 0.2) is 59.7 Å². The fourth-order valence-corrected chi connectivity index (χ4v) is 3.74. The summed E-state index contributed by atoms with van der Waals surface area (Å²) in [4.78, 5) is 0. The van der Waals surface area contributed by atoms with Crippen LogP contribution in [-0.2, 0) is 6.61 Å². The molecule has 28 heavy (non-hydrogen) atoms. The van der Waals surface area contributed by atoms with Crippen molar-refractivity contribution < 1.29 is 4.74 Å². The highest BCUT2D eigenvalue weighted by molar-refractivity contribution is 7.71. The van der Waals surface area contributed by atoms with Gasteiger partial charge in [0.2, 0.25) is 4.77 Å². The molecule has 0 unspecified atom stereocenters. The van der Waals surface area contributed by atoms with Crippen molar-refractivity contribution in [3.63, 3.8) is 0 Å². The minimum Gasteiger partial charge on any atom is -0.489 e. The summed E-state index contributed by atoms with van der Waals surface area (Å²) in [6, 6.07) is 18.0. The molecule has 0 spiro atoms. The van der Waals surface area contributed by atoms with Crippen molar-refractivity contribution in [3.8, 4) is 5.75 Å². The second-order valence-corrected chi connectivity index (χ2v) is 7.51. The average Bonchev–Trinajstić information content (AvgIpc) is 3.13. The minimum absolute atomic E-state index is 0.438. The Morgan fingerprint density at radius 2 is 1.82 bits per heavy atom. The molecule has 144 valence electrons. The third-order valence-corrected chi connectivity index (χ3v) is 5.36. The van der Waals surface area contributed by atoms with E-state index in [1.165, 1.54) is 19.3 Å². The van der Waals surface area contributed by atoms with Gasteiger partial charge in [-0.05, 0) is 60.5 Å². The molecule has 1 aliphatic carbocycles. The Kier molecular flexibility index (Phi) is 5.97. The van der Waals surface area contributed by atoms with Crippen LogP contribution in [0.5, 0.6) is 5.75 Å². The van der Waals surface area contributed by atoms with Crippen LogP contribution < -0.4 is 4.74 Å². The average molecular weight is 393 g/mol. The van der Waals surface area contributed by atoms with E-state index in [1.54, 1.807) is 4.68 Å². The molecule has 0 aliphatic heterocycles. The standard InChI is InChI=1S/C22H24N4OS/c28-22-25-24-21(19-9-5-2-6-10-19)26(22)23-15-17-11-13-20(14-12-17)27-16-18-7-3-1-4-8-18/h1,3-4,7-8,11-15,19H,2,5-6,9-10,16H2,(H,25,28)/b23-15-. The molecule has 0 atom stereocenters. The summed E-state index contributed by atoms with van der Waals surface area (Å²) < 4.78 is 8.14. The zero-order valence-electron chi connectivity index (χ0n) is 15.8. The van der Waals surface area contributed by atoms with Gasteiger partial charge in [-0.25, -0.2) is 0 Å². The minimum atomic E-state index is 0.438. The van der Waals surface area contributed by atoms with Crippen LogP contribution in [0.3, 0.4) is 0 Å². The first kappa shape index (κ1) is 18.6. The summed E-state index contributed by atoms with van der Waals surface area (Å²) in [5, 5.41) is 11.9. The molecule has 0 saturated heterocycles. The lowest BCUT2D eigenvalue weighted by atomic mass is 9.89. The third kappa shape index (κ3) is 4.57. The maximum absolute atomic E-state index is 5.83. The van der Waals surface area contributed by atoms with E-state index in [1.807, 2.05) is 48.7 Å². The third-order valence-electron chi connectivity index (χ3n) is 5.10. The number of aromatic nitrogens is 3. The van der Waals surface area contributed by atoms with Crippen molar-refractivity contribution in [3.05, 3.63) is 76.3 Å². The summed E-state index contributed by atoms with van der Waals surface area (Å²) in [7, 11) is 0. The second-order valence-electron chi connectivity index (χ2n) is 7.12. The van der Waals surface area contributed by atoms with Gasteiger partial charge in [-0.3, -0.25) is 5.10 Å². The summed E-state index contributed by atoms with van der Waals surface area (Å²) in [5.41, 5.74) is 2.14. The van der Waals surface area contributed by atoms with Crippen molar-refractivity contribution in [2.75, 3.05) is 0 Å². The first-order valence-electron chi connectivity index (χ1n) is 9.78. The van der Waals surface area contributed by atoms with Crippen molar-refractivity contribution in [1.29, 1.82) is 0 Å². The smallest absolute Gasteiger partial charge is 0.216 e. The SMILES string of the molecule is S=c1[nH]nc(C2CCCCC2)n1/N=C\c1ccc(OCc2ccccc2)cc1. The van der Waals surface area contributed by atoms with E-state index in [0.29, 0.717) is 17.3 Å². The number of hydrogen-bond donors (Lipinski definition) is 1. The maximum atomic E-state index is 5.83. The van der Waals surface area contributed by atoms with Gasteiger partial charge in [0.05, 0.1) is 6.21 Å². The molecule has 0 bridgehead atoms. The number of H-pyrrole nitrogens is 1. The molecular formula is C22H24N4OS. The van der Waals surface area contributed by atoms with E-state index in [9.17, 15) is 0 Å². The lowest BCUT2D eigenvalue weighted by Crippen LogP contribution is -2.10. The Morgan fingerprint density at radius 3 is 2.57 bits per heavy atom. The molecule has 1 aromatic heterocycles. The molecule has 3 aromatic rings. The number of nitrogens with one attached hydrogen (secondary N) is 1. The van der Waals surface area contributed by atoms with Crippen LogP contribution >= 0.6 is 12.2 Å². The Hall–Kier alpha value is -2.73. The van der Waals surface area contributed by atoms with Crippen LogP contribution in [0.4, 0.5) is 0 Å². The van der Waals surface area contributed by atoms with E-state index in [0.717, 1.165) is 35.5 Å². The van der Waals surface area contributed by atoms with Gasteiger partial charge >= 0.3 is 0 Å². The van der Waals surface area contributed by atoms with E-state index < -0.39 is 0 Å². The molecule has 1 aliphatic rings. The molecular weight excluding hydrogens is 368 g/mol. The van der Waals surface area contributed by atoms with Crippen molar-refractivity contribution in [1.82, 2.24) is 14.9 Å². The molecule has 0 amide bonds. The number of hydrogen-bond acceptors (Lipinski definition) is 4. The van der Waals surface area contributed by atoms with Gasteiger partial charge in [-0.1, -0.05) is 49.6 Å². The lowest BCUT2D eigenvalue weighted by molar-refractivity contribution is 0.306. The van der Waals surface area contributed by atoms with Crippen molar-refractivity contribution in [2.45, 2.75) is 44.6 Å².